The largest absolute Gasteiger partial charge is 0.0836 e. The van der Waals surface area contributed by atoms with Crippen LogP contribution in [0, 0.1) is 13.8 Å². The molecule has 1 aliphatic rings. The van der Waals surface area contributed by atoms with Crippen molar-refractivity contribution in [1.29, 1.82) is 0 Å². The van der Waals surface area contributed by atoms with Crippen molar-refractivity contribution in [2.24, 2.45) is 0 Å². The molecule has 92 valence electrons. The number of hydrogen-bond acceptors (Lipinski definition) is 0. The molecule has 0 heterocycles. The molecule has 0 saturated heterocycles. The van der Waals surface area contributed by atoms with Gasteiger partial charge in [0.2, 0.25) is 0 Å². The maximum absolute atomic E-state index is 2.29. The molecule has 0 saturated carbocycles. The minimum atomic E-state index is 1.20. The second-order valence-electron chi connectivity index (χ2n) is 4.80. The van der Waals surface area contributed by atoms with Crippen molar-refractivity contribution in [1.82, 2.24) is 0 Å². The van der Waals surface area contributed by atoms with Crippen LogP contribution in [0.25, 0.3) is 6.08 Å². The van der Waals surface area contributed by atoms with Crippen LogP contribution < -0.4 is 0 Å². The Balaban J connectivity index is 0.000000149. The van der Waals surface area contributed by atoms with Crippen molar-refractivity contribution in [2.45, 2.75) is 26.7 Å². The van der Waals surface area contributed by atoms with Gasteiger partial charge in [-0.2, -0.15) is 0 Å². The Bertz CT molecular complexity index is 521. The zero-order valence-electron chi connectivity index (χ0n) is 11.2. The van der Waals surface area contributed by atoms with Crippen LogP contribution in [-0.4, -0.2) is 0 Å². The van der Waals surface area contributed by atoms with Crippen LogP contribution >= 0.6 is 0 Å². The van der Waals surface area contributed by atoms with Gasteiger partial charge in [0.1, 0.15) is 0 Å². The van der Waals surface area contributed by atoms with Gasteiger partial charge in [0, 0.05) is 0 Å². The highest BCUT2D eigenvalue weighted by molar-refractivity contribution is 5.56. The Kier molecular flexibility index (Phi) is 4.35. The molecular formula is C18H20. The third kappa shape index (κ3) is 3.59. The van der Waals surface area contributed by atoms with Gasteiger partial charge in [-0.15, -0.1) is 0 Å². The van der Waals surface area contributed by atoms with E-state index < -0.39 is 0 Å². The summed E-state index contributed by atoms with van der Waals surface area (Å²) in [4.78, 5) is 0. The second kappa shape index (κ2) is 6.20. The Morgan fingerprint density at radius 2 is 1.61 bits per heavy atom. The lowest BCUT2D eigenvalue weighted by atomic mass is 9.96. The van der Waals surface area contributed by atoms with Gasteiger partial charge in [0.05, 0.1) is 0 Å². The highest BCUT2D eigenvalue weighted by Gasteiger charge is 2.02. The quantitative estimate of drug-likeness (QED) is 0.607. The summed E-state index contributed by atoms with van der Waals surface area (Å²) >= 11 is 0. The molecule has 0 atom stereocenters. The van der Waals surface area contributed by atoms with E-state index in [1.807, 2.05) is 18.2 Å². The van der Waals surface area contributed by atoms with Crippen LogP contribution in [0.5, 0.6) is 0 Å². The average molecular weight is 236 g/mol. The fourth-order valence-corrected chi connectivity index (χ4v) is 2.10. The normalized spacial score (nSPS) is 12.3. The van der Waals surface area contributed by atoms with Gasteiger partial charge in [-0.1, -0.05) is 71.8 Å². The summed E-state index contributed by atoms with van der Waals surface area (Å²) in [6.07, 6.45) is 6.89. The van der Waals surface area contributed by atoms with E-state index in [2.05, 4.69) is 56.3 Å². The Morgan fingerprint density at radius 1 is 0.833 bits per heavy atom. The zero-order chi connectivity index (χ0) is 12.8. The Morgan fingerprint density at radius 3 is 2.28 bits per heavy atom. The van der Waals surface area contributed by atoms with Gasteiger partial charge in [-0.05, 0) is 37.8 Å². The molecule has 0 unspecified atom stereocenters. The lowest BCUT2D eigenvalue weighted by Crippen LogP contribution is -1.93. The van der Waals surface area contributed by atoms with Crippen LogP contribution in [-0.2, 0) is 6.42 Å². The van der Waals surface area contributed by atoms with Crippen molar-refractivity contribution in [2.75, 3.05) is 0 Å². The van der Waals surface area contributed by atoms with E-state index in [4.69, 9.17) is 0 Å². The van der Waals surface area contributed by atoms with E-state index in [0.717, 1.165) is 0 Å². The van der Waals surface area contributed by atoms with Crippen LogP contribution in [0.15, 0.2) is 54.6 Å². The van der Waals surface area contributed by atoms with Crippen molar-refractivity contribution in [3.8, 4) is 0 Å². The van der Waals surface area contributed by atoms with Crippen molar-refractivity contribution >= 4 is 6.08 Å². The van der Waals surface area contributed by atoms with Crippen molar-refractivity contribution in [3.05, 3.63) is 76.9 Å². The van der Waals surface area contributed by atoms with Crippen LogP contribution in [0.3, 0.4) is 0 Å². The van der Waals surface area contributed by atoms with E-state index in [9.17, 15) is 0 Å². The maximum atomic E-state index is 2.29. The van der Waals surface area contributed by atoms with E-state index >= 15 is 0 Å². The number of rotatable bonds is 0. The molecule has 0 radical (unpaired) electrons. The maximum Gasteiger partial charge on any atom is -0.0227 e. The fourth-order valence-electron chi connectivity index (χ4n) is 2.10. The van der Waals surface area contributed by atoms with Crippen LogP contribution in [0.1, 0.15) is 28.7 Å². The van der Waals surface area contributed by atoms with Gasteiger partial charge < -0.3 is 0 Å². The summed E-state index contributed by atoms with van der Waals surface area (Å²) in [5.74, 6) is 0. The van der Waals surface area contributed by atoms with Crippen molar-refractivity contribution < 1.29 is 0 Å². The highest BCUT2D eigenvalue weighted by Crippen LogP contribution is 2.19. The first-order valence-electron chi connectivity index (χ1n) is 6.53. The molecule has 18 heavy (non-hydrogen) atoms. The topological polar surface area (TPSA) is 0 Å². The van der Waals surface area contributed by atoms with Gasteiger partial charge in [-0.25, -0.2) is 0 Å². The molecule has 3 rings (SSSR count). The summed E-state index contributed by atoms with van der Waals surface area (Å²) in [6.45, 7) is 4.23. The zero-order valence-corrected chi connectivity index (χ0v) is 11.2. The molecule has 0 bridgehead atoms. The molecule has 0 N–H and O–H groups in total. The predicted octanol–water partition coefficient (Wildman–Crippen LogP) is 4.95. The molecule has 1 aliphatic carbocycles. The second-order valence-corrected chi connectivity index (χ2v) is 4.80. The standard InChI is InChI=1S/C11H12.C7H8/c1-9-6-7-10-4-2-3-5-11(10)8-9;1-7-5-3-2-4-6-7/h2,4,6-8H,3,5H2,1H3;2-6H,1H3. The van der Waals surface area contributed by atoms with E-state index in [0.29, 0.717) is 0 Å². The Labute approximate surface area is 110 Å². The average Bonchev–Trinajstić information content (AvgIpc) is 2.40. The van der Waals surface area contributed by atoms with Crippen molar-refractivity contribution in [3.63, 3.8) is 0 Å². The van der Waals surface area contributed by atoms with Crippen LogP contribution in [0.2, 0.25) is 0 Å². The summed E-state index contributed by atoms with van der Waals surface area (Å²) in [5.41, 5.74) is 5.61. The lowest BCUT2D eigenvalue weighted by Gasteiger charge is -2.09. The first-order chi connectivity index (χ1) is 8.75. The third-order valence-corrected chi connectivity index (χ3v) is 3.12. The fraction of sp³-hybridized carbons (Fsp3) is 0.222. The molecule has 2 aromatic rings. The van der Waals surface area contributed by atoms with Crippen LogP contribution in [0.4, 0.5) is 0 Å². The SMILES string of the molecule is Cc1ccc2c(c1)CCC=C2.Cc1ccccc1. The molecule has 0 fully saturated rings. The molecule has 2 aromatic carbocycles. The van der Waals surface area contributed by atoms with Gasteiger partial charge in [0.25, 0.3) is 0 Å². The first kappa shape index (κ1) is 12.6. The lowest BCUT2D eigenvalue weighted by molar-refractivity contribution is 0.982. The van der Waals surface area contributed by atoms with E-state index in [1.165, 1.54) is 35.1 Å². The third-order valence-electron chi connectivity index (χ3n) is 3.12. The van der Waals surface area contributed by atoms with E-state index in [1.54, 1.807) is 0 Å². The first-order valence-corrected chi connectivity index (χ1v) is 6.53. The van der Waals surface area contributed by atoms with Gasteiger partial charge in [0.15, 0.2) is 0 Å². The number of benzene rings is 2. The predicted molar refractivity (Wildman–Crippen MR) is 79.7 cm³/mol. The number of allylic oxidation sites excluding steroid dienone is 1. The van der Waals surface area contributed by atoms with Gasteiger partial charge in [-0.3, -0.25) is 0 Å². The number of fused-ring (bicyclic) bond motifs is 1. The molecular weight excluding hydrogens is 216 g/mol. The number of hydrogen-bond donors (Lipinski definition) is 0. The van der Waals surface area contributed by atoms with Gasteiger partial charge >= 0.3 is 0 Å². The molecule has 0 nitrogen and oxygen atoms in total. The molecule has 0 aliphatic heterocycles. The summed E-state index contributed by atoms with van der Waals surface area (Å²) in [6, 6.07) is 16.9. The minimum absolute atomic E-state index is 1.20. The minimum Gasteiger partial charge on any atom is -0.0836 e. The smallest absolute Gasteiger partial charge is 0.0227 e. The number of aryl methyl sites for hydroxylation is 3. The Hall–Kier alpha value is -1.82. The van der Waals surface area contributed by atoms with E-state index in [-0.39, 0.29) is 0 Å². The molecule has 0 heteroatoms. The summed E-state index contributed by atoms with van der Waals surface area (Å²) in [7, 11) is 0. The molecule has 0 amide bonds. The highest BCUT2D eigenvalue weighted by atomic mass is 14.1. The molecule has 0 spiro atoms. The monoisotopic (exact) mass is 236 g/mol. The molecule has 0 aromatic heterocycles. The summed E-state index contributed by atoms with van der Waals surface area (Å²) in [5, 5.41) is 0. The summed E-state index contributed by atoms with van der Waals surface area (Å²) < 4.78 is 0.